The monoisotopic (exact) mass is 410 g/mol. The second kappa shape index (κ2) is 7.21. The highest BCUT2D eigenvalue weighted by molar-refractivity contribution is 7.92. The molecule has 4 aromatic rings. The minimum absolute atomic E-state index is 0.349. The van der Waals surface area contributed by atoms with Gasteiger partial charge in [0.25, 0.3) is 0 Å². The maximum absolute atomic E-state index is 13.8. The van der Waals surface area contributed by atoms with E-state index in [1.807, 2.05) is 24.3 Å². The summed E-state index contributed by atoms with van der Waals surface area (Å²) in [6.45, 7) is 0. The van der Waals surface area contributed by atoms with Crippen LogP contribution in [0.5, 0.6) is 0 Å². The number of hydrogen-bond donors (Lipinski definition) is 3. The van der Waals surface area contributed by atoms with Crippen LogP contribution in [0.15, 0.2) is 60.7 Å². The van der Waals surface area contributed by atoms with Crippen LogP contribution < -0.4 is 15.4 Å². The number of hydrogen-bond acceptors (Lipinski definition) is 5. The molecule has 29 heavy (non-hydrogen) atoms. The van der Waals surface area contributed by atoms with Gasteiger partial charge in [-0.15, -0.1) is 0 Å². The molecular formula is C21H19FN4O2S. The third-order valence-electron chi connectivity index (χ3n) is 4.50. The van der Waals surface area contributed by atoms with Crippen LogP contribution in [-0.4, -0.2) is 26.7 Å². The van der Waals surface area contributed by atoms with Crippen LogP contribution in [0, 0.1) is 5.82 Å². The van der Waals surface area contributed by atoms with Gasteiger partial charge < -0.3 is 10.6 Å². The van der Waals surface area contributed by atoms with Crippen molar-refractivity contribution in [1.82, 2.24) is 4.98 Å². The van der Waals surface area contributed by atoms with E-state index in [9.17, 15) is 12.8 Å². The molecule has 0 saturated carbocycles. The van der Waals surface area contributed by atoms with E-state index >= 15 is 0 Å². The van der Waals surface area contributed by atoms with Crippen molar-refractivity contribution in [2.24, 2.45) is 0 Å². The van der Waals surface area contributed by atoms with Gasteiger partial charge in [0, 0.05) is 23.9 Å². The SMILES string of the molecule is CNc1cc(NS(C)(=O)=O)ccc1Nc1c2ccccc2nc2cc(F)ccc12. The maximum Gasteiger partial charge on any atom is 0.229 e. The number of para-hydroxylation sites is 1. The van der Waals surface area contributed by atoms with Gasteiger partial charge in [-0.1, -0.05) is 18.2 Å². The molecule has 0 aliphatic carbocycles. The Labute approximate surface area is 167 Å². The molecular weight excluding hydrogens is 391 g/mol. The molecule has 0 bridgehead atoms. The average molecular weight is 410 g/mol. The van der Waals surface area contributed by atoms with Crippen molar-refractivity contribution in [2.75, 3.05) is 28.7 Å². The van der Waals surface area contributed by atoms with Crippen LogP contribution >= 0.6 is 0 Å². The van der Waals surface area contributed by atoms with Gasteiger partial charge in [0.15, 0.2) is 0 Å². The molecule has 0 unspecified atom stereocenters. The zero-order valence-corrected chi connectivity index (χ0v) is 16.6. The minimum Gasteiger partial charge on any atom is -0.386 e. The van der Waals surface area contributed by atoms with Crippen molar-refractivity contribution in [3.63, 3.8) is 0 Å². The highest BCUT2D eigenvalue weighted by atomic mass is 32.2. The van der Waals surface area contributed by atoms with Gasteiger partial charge >= 0.3 is 0 Å². The molecule has 0 radical (unpaired) electrons. The average Bonchev–Trinajstić information content (AvgIpc) is 2.67. The third-order valence-corrected chi connectivity index (χ3v) is 5.10. The Hall–Kier alpha value is -3.39. The predicted molar refractivity (Wildman–Crippen MR) is 117 cm³/mol. The number of fused-ring (bicyclic) bond motifs is 2. The quantitative estimate of drug-likeness (QED) is 0.416. The van der Waals surface area contributed by atoms with Crippen molar-refractivity contribution in [3.8, 4) is 0 Å². The molecule has 0 aliphatic heterocycles. The number of sulfonamides is 1. The molecule has 0 aliphatic rings. The fourth-order valence-electron chi connectivity index (χ4n) is 3.27. The van der Waals surface area contributed by atoms with Crippen molar-refractivity contribution in [3.05, 3.63) is 66.5 Å². The van der Waals surface area contributed by atoms with Gasteiger partial charge in [0.1, 0.15) is 5.82 Å². The number of aromatic nitrogens is 1. The zero-order valence-electron chi connectivity index (χ0n) is 15.8. The Kier molecular flexibility index (Phi) is 4.71. The summed E-state index contributed by atoms with van der Waals surface area (Å²) in [5.74, 6) is -0.349. The number of rotatable bonds is 5. The molecule has 8 heteroatoms. The Morgan fingerprint density at radius 1 is 0.897 bits per heavy atom. The van der Waals surface area contributed by atoms with E-state index in [4.69, 9.17) is 0 Å². The van der Waals surface area contributed by atoms with E-state index in [1.54, 1.807) is 31.3 Å². The van der Waals surface area contributed by atoms with Crippen molar-refractivity contribution in [2.45, 2.75) is 0 Å². The number of nitrogens with zero attached hydrogens (tertiary/aromatic N) is 1. The fraction of sp³-hybridized carbons (Fsp3) is 0.0952. The highest BCUT2D eigenvalue weighted by Crippen LogP contribution is 2.36. The number of halogens is 1. The maximum atomic E-state index is 13.8. The molecule has 3 N–H and O–H groups in total. The Morgan fingerprint density at radius 2 is 1.66 bits per heavy atom. The second-order valence-corrected chi connectivity index (χ2v) is 8.42. The Balaban J connectivity index is 1.87. The van der Waals surface area contributed by atoms with Crippen molar-refractivity contribution in [1.29, 1.82) is 0 Å². The predicted octanol–water partition coefficient (Wildman–Crippen LogP) is 4.68. The van der Waals surface area contributed by atoms with Crippen LogP contribution in [0.3, 0.4) is 0 Å². The molecule has 0 fully saturated rings. The van der Waals surface area contributed by atoms with Gasteiger partial charge in [0.2, 0.25) is 10.0 Å². The van der Waals surface area contributed by atoms with Crippen LogP contribution in [0.2, 0.25) is 0 Å². The third kappa shape index (κ3) is 3.93. The van der Waals surface area contributed by atoms with Crippen LogP contribution in [-0.2, 0) is 10.0 Å². The summed E-state index contributed by atoms with van der Waals surface area (Å²) >= 11 is 0. The highest BCUT2D eigenvalue weighted by Gasteiger charge is 2.13. The van der Waals surface area contributed by atoms with Gasteiger partial charge in [-0.3, -0.25) is 4.72 Å². The molecule has 0 spiro atoms. The lowest BCUT2D eigenvalue weighted by Gasteiger charge is -2.17. The first-order valence-electron chi connectivity index (χ1n) is 8.89. The lowest BCUT2D eigenvalue weighted by Crippen LogP contribution is -2.10. The molecule has 0 amide bonds. The normalized spacial score (nSPS) is 11.6. The molecule has 3 aromatic carbocycles. The van der Waals surface area contributed by atoms with E-state index < -0.39 is 10.0 Å². The Morgan fingerprint density at radius 3 is 2.41 bits per heavy atom. The summed E-state index contributed by atoms with van der Waals surface area (Å²) < 4.78 is 39.3. The summed E-state index contributed by atoms with van der Waals surface area (Å²) in [5.41, 5.74) is 3.99. The molecule has 148 valence electrons. The zero-order chi connectivity index (χ0) is 20.6. The van der Waals surface area contributed by atoms with Gasteiger partial charge in [-0.05, 0) is 36.4 Å². The molecule has 4 rings (SSSR count). The van der Waals surface area contributed by atoms with Crippen LogP contribution in [0.4, 0.5) is 27.1 Å². The standard InChI is InChI=1S/C21H19FN4O2S/c1-23-20-12-14(26-29(2,27)28)8-10-18(20)25-21-15-5-3-4-6-17(15)24-19-11-13(22)7-9-16(19)21/h3-12,23,26H,1-2H3,(H,24,25). The molecule has 6 nitrogen and oxygen atoms in total. The van der Waals surface area contributed by atoms with E-state index in [1.165, 1.54) is 12.1 Å². The summed E-state index contributed by atoms with van der Waals surface area (Å²) in [5, 5.41) is 8.17. The molecule has 0 atom stereocenters. The number of benzene rings is 3. The van der Waals surface area contributed by atoms with Gasteiger partial charge in [-0.25, -0.2) is 17.8 Å². The minimum atomic E-state index is -3.38. The number of anilines is 4. The lowest BCUT2D eigenvalue weighted by molar-refractivity contribution is 0.607. The molecule has 1 heterocycles. The van der Waals surface area contributed by atoms with E-state index in [-0.39, 0.29) is 5.82 Å². The Bertz CT molecular complexity index is 1340. The topological polar surface area (TPSA) is 83.1 Å². The lowest BCUT2D eigenvalue weighted by atomic mass is 10.1. The summed E-state index contributed by atoms with van der Waals surface area (Å²) in [6.07, 6.45) is 1.10. The van der Waals surface area contributed by atoms with Crippen LogP contribution in [0.25, 0.3) is 21.8 Å². The largest absolute Gasteiger partial charge is 0.386 e. The number of nitrogens with one attached hydrogen (secondary N) is 3. The van der Waals surface area contributed by atoms with Crippen molar-refractivity contribution >= 4 is 54.6 Å². The summed E-state index contributed by atoms with van der Waals surface area (Å²) in [4.78, 5) is 4.57. The first-order chi connectivity index (χ1) is 13.8. The second-order valence-electron chi connectivity index (χ2n) is 6.68. The number of pyridine rings is 1. The smallest absolute Gasteiger partial charge is 0.229 e. The fourth-order valence-corrected chi connectivity index (χ4v) is 3.83. The van der Waals surface area contributed by atoms with E-state index in [2.05, 4.69) is 20.3 Å². The summed E-state index contributed by atoms with van der Waals surface area (Å²) in [7, 11) is -1.62. The van der Waals surface area contributed by atoms with Gasteiger partial charge in [-0.2, -0.15) is 0 Å². The first-order valence-corrected chi connectivity index (χ1v) is 10.8. The van der Waals surface area contributed by atoms with Gasteiger partial charge in [0.05, 0.1) is 40.0 Å². The van der Waals surface area contributed by atoms with E-state index in [0.717, 1.165) is 33.9 Å². The van der Waals surface area contributed by atoms with E-state index in [0.29, 0.717) is 16.9 Å². The molecule has 0 saturated heterocycles. The van der Waals surface area contributed by atoms with Crippen molar-refractivity contribution < 1.29 is 12.8 Å². The van der Waals surface area contributed by atoms with Crippen LogP contribution in [0.1, 0.15) is 0 Å². The molecule has 1 aromatic heterocycles. The first kappa shape index (κ1) is 18.9. The summed E-state index contributed by atoms with van der Waals surface area (Å²) in [6, 6.07) is 17.3.